The fourth-order valence-electron chi connectivity index (χ4n) is 1.46. The zero-order valence-electron chi connectivity index (χ0n) is 7.63. The van der Waals surface area contributed by atoms with Gasteiger partial charge in [-0.3, -0.25) is 9.69 Å². The number of hydrogen-bond acceptors (Lipinski definition) is 3. The number of likely N-dealkylation sites (tertiary alicyclic amines) is 1. The topological polar surface area (TPSA) is 52.6 Å². The number of carbonyl (C=O) groups excluding carboxylic acids is 1. The lowest BCUT2D eigenvalue weighted by Crippen LogP contribution is -2.60. The summed E-state index contributed by atoms with van der Waals surface area (Å²) in [6.07, 6.45) is 0.520. The molecule has 70 valence electrons. The average Bonchev–Trinajstić information content (AvgIpc) is 1.96. The largest absolute Gasteiger partial charge is 0.388 e. The Kier molecular flexibility index (Phi) is 2.69. The van der Waals surface area contributed by atoms with Gasteiger partial charge in [0.2, 0.25) is 5.91 Å². The molecule has 4 heteroatoms. The first kappa shape index (κ1) is 9.48. The van der Waals surface area contributed by atoms with Crippen LogP contribution in [0, 0.1) is 0 Å². The summed E-state index contributed by atoms with van der Waals surface area (Å²) in [7, 11) is 1.63. The first-order chi connectivity index (χ1) is 5.53. The average molecular weight is 172 g/mol. The molecule has 0 atom stereocenters. The number of hydrogen-bond donors (Lipinski definition) is 2. The van der Waals surface area contributed by atoms with Gasteiger partial charge in [-0.2, -0.15) is 0 Å². The van der Waals surface area contributed by atoms with Gasteiger partial charge in [0.15, 0.2) is 0 Å². The van der Waals surface area contributed by atoms with Crippen LogP contribution in [0.4, 0.5) is 0 Å². The molecule has 1 amide bonds. The van der Waals surface area contributed by atoms with E-state index in [0.29, 0.717) is 19.5 Å². The van der Waals surface area contributed by atoms with Crippen LogP contribution >= 0.6 is 0 Å². The molecule has 1 aliphatic rings. The van der Waals surface area contributed by atoms with Crippen molar-refractivity contribution in [2.45, 2.75) is 18.9 Å². The van der Waals surface area contributed by atoms with Gasteiger partial charge in [0.25, 0.3) is 0 Å². The summed E-state index contributed by atoms with van der Waals surface area (Å²) in [4.78, 5) is 12.9. The molecule has 1 fully saturated rings. The third-order valence-electron chi connectivity index (χ3n) is 2.06. The fourth-order valence-corrected chi connectivity index (χ4v) is 1.46. The van der Waals surface area contributed by atoms with Crippen molar-refractivity contribution in [3.63, 3.8) is 0 Å². The SMILES string of the molecule is CNC(=O)CCN1CC(C)(O)C1. The molecule has 0 aromatic heterocycles. The predicted molar refractivity (Wildman–Crippen MR) is 45.7 cm³/mol. The van der Waals surface area contributed by atoms with E-state index < -0.39 is 5.60 Å². The molecule has 0 aromatic carbocycles. The maximum absolute atomic E-state index is 10.8. The third kappa shape index (κ3) is 2.46. The van der Waals surface area contributed by atoms with E-state index in [1.165, 1.54) is 0 Å². The van der Waals surface area contributed by atoms with Crippen LogP contribution in [0.5, 0.6) is 0 Å². The van der Waals surface area contributed by atoms with Crippen LogP contribution in [0.25, 0.3) is 0 Å². The molecule has 1 aliphatic heterocycles. The Morgan fingerprint density at radius 1 is 1.67 bits per heavy atom. The van der Waals surface area contributed by atoms with E-state index in [1.54, 1.807) is 7.05 Å². The maximum Gasteiger partial charge on any atom is 0.221 e. The van der Waals surface area contributed by atoms with Gasteiger partial charge < -0.3 is 10.4 Å². The Morgan fingerprint density at radius 2 is 2.25 bits per heavy atom. The van der Waals surface area contributed by atoms with Crippen molar-refractivity contribution in [2.24, 2.45) is 0 Å². The van der Waals surface area contributed by atoms with Crippen LogP contribution in [0.1, 0.15) is 13.3 Å². The van der Waals surface area contributed by atoms with Gasteiger partial charge in [0.1, 0.15) is 0 Å². The van der Waals surface area contributed by atoms with Crippen molar-refractivity contribution in [1.82, 2.24) is 10.2 Å². The second-order valence-corrected chi connectivity index (χ2v) is 3.63. The zero-order valence-corrected chi connectivity index (χ0v) is 7.63. The van der Waals surface area contributed by atoms with Crippen molar-refractivity contribution in [1.29, 1.82) is 0 Å². The van der Waals surface area contributed by atoms with E-state index in [-0.39, 0.29) is 5.91 Å². The van der Waals surface area contributed by atoms with Crippen LogP contribution in [0.2, 0.25) is 0 Å². The highest BCUT2D eigenvalue weighted by Crippen LogP contribution is 2.19. The lowest BCUT2D eigenvalue weighted by Gasteiger charge is -2.44. The van der Waals surface area contributed by atoms with Gasteiger partial charge in [-0.1, -0.05) is 0 Å². The van der Waals surface area contributed by atoms with E-state index in [1.807, 2.05) is 6.92 Å². The fraction of sp³-hybridized carbons (Fsp3) is 0.875. The number of aliphatic hydroxyl groups is 1. The Balaban J connectivity index is 2.08. The van der Waals surface area contributed by atoms with Gasteiger partial charge in [0.05, 0.1) is 5.60 Å². The molecule has 0 aromatic rings. The number of rotatable bonds is 3. The van der Waals surface area contributed by atoms with E-state index in [9.17, 15) is 9.90 Å². The van der Waals surface area contributed by atoms with Crippen molar-refractivity contribution < 1.29 is 9.90 Å². The minimum Gasteiger partial charge on any atom is -0.388 e. The van der Waals surface area contributed by atoms with Crippen molar-refractivity contribution in [3.8, 4) is 0 Å². The first-order valence-electron chi connectivity index (χ1n) is 4.19. The number of β-amino-alcohol motifs (C(OH)–C–C–N with tert-alkyl or cyclic N) is 1. The molecule has 0 bridgehead atoms. The second-order valence-electron chi connectivity index (χ2n) is 3.63. The molecule has 1 heterocycles. The van der Waals surface area contributed by atoms with Crippen LogP contribution in [-0.4, -0.2) is 48.2 Å². The van der Waals surface area contributed by atoms with Crippen molar-refractivity contribution in [3.05, 3.63) is 0 Å². The molecule has 2 N–H and O–H groups in total. The molecular weight excluding hydrogens is 156 g/mol. The molecule has 0 spiro atoms. The Hall–Kier alpha value is -0.610. The summed E-state index contributed by atoms with van der Waals surface area (Å²) in [5.41, 5.74) is -0.525. The summed E-state index contributed by atoms with van der Waals surface area (Å²) >= 11 is 0. The first-order valence-corrected chi connectivity index (χ1v) is 4.19. The Bertz CT molecular complexity index is 172. The maximum atomic E-state index is 10.8. The predicted octanol–water partition coefficient (Wildman–Crippen LogP) is -0.811. The van der Waals surface area contributed by atoms with E-state index >= 15 is 0 Å². The monoisotopic (exact) mass is 172 g/mol. The highest BCUT2D eigenvalue weighted by atomic mass is 16.3. The van der Waals surface area contributed by atoms with Gasteiger partial charge in [-0.25, -0.2) is 0 Å². The normalized spacial score (nSPS) is 21.6. The number of nitrogens with zero attached hydrogens (tertiary/aromatic N) is 1. The smallest absolute Gasteiger partial charge is 0.221 e. The molecule has 4 nitrogen and oxygen atoms in total. The molecule has 0 unspecified atom stereocenters. The molecule has 0 radical (unpaired) electrons. The highest BCUT2D eigenvalue weighted by molar-refractivity contribution is 5.75. The molecule has 0 saturated carbocycles. The van der Waals surface area contributed by atoms with Crippen LogP contribution in [-0.2, 0) is 4.79 Å². The highest BCUT2D eigenvalue weighted by Gasteiger charge is 2.35. The summed E-state index contributed by atoms with van der Waals surface area (Å²) in [5, 5.41) is 11.9. The van der Waals surface area contributed by atoms with Gasteiger partial charge in [-0.05, 0) is 6.92 Å². The van der Waals surface area contributed by atoms with Crippen LogP contribution < -0.4 is 5.32 Å². The molecule has 0 aliphatic carbocycles. The molecular formula is C8H16N2O2. The van der Waals surface area contributed by atoms with Crippen LogP contribution in [0.3, 0.4) is 0 Å². The Labute approximate surface area is 72.6 Å². The molecule has 12 heavy (non-hydrogen) atoms. The number of carbonyl (C=O) groups is 1. The van der Waals surface area contributed by atoms with Gasteiger partial charge in [0, 0.05) is 33.1 Å². The van der Waals surface area contributed by atoms with E-state index in [4.69, 9.17) is 0 Å². The third-order valence-corrected chi connectivity index (χ3v) is 2.06. The molecule has 1 saturated heterocycles. The lowest BCUT2D eigenvalue weighted by atomic mass is 9.97. The summed E-state index contributed by atoms with van der Waals surface area (Å²) in [6, 6.07) is 0. The minimum atomic E-state index is -0.525. The van der Waals surface area contributed by atoms with Crippen LogP contribution in [0.15, 0.2) is 0 Å². The summed E-state index contributed by atoms with van der Waals surface area (Å²) < 4.78 is 0. The Morgan fingerprint density at radius 3 is 2.67 bits per heavy atom. The second kappa shape index (κ2) is 3.41. The minimum absolute atomic E-state index is 0.0570. The lowest BCUT2D eigenvalue weighted by molar-refractivity contribution is -0.123. The summed E-state index contributed by atoms with van der Waals surface area (Å²) in [6.45, 7) is 3.92. The zero-order chi connectivity index (χ0) is 9.19. The van der Waals surface area contributed by atoms with E-state index in [2.05, 4.69) is 10.2 Å². The quantitative estimate of drug-likeness (QED) is 0.585. The molecule has 1 rings (SSSR count). The summed E-state index contributed by atoms with van der Waals surface area (Å²) in [5.74, 6) is 0.0570. The standard InChI is InChI=1S/C8H16N2O2/c1-8(12)5-10(6-8)4-3-7(11)9-2/h12H,3-6H2,1-2H3,(H,9,11). The van der Waals surface area contributed by atoms with Gasteiger partial charge >= 0.3 is 0 Å². The van der Waals surface area contributed by atoms with Gasteiger partial charge in [-0.15, -0.1) is 0 Å². The number of nitrogens with one attached hydrogen (secondary N) is 1. The number of amides is 1. The van der Waals surface area contributed by atoms with Crippen molar-refractivity contribution in [2.75, 3.05) is 26.7 Å². The van der Waals surface area contributed by atoms with Crippen molar-refractivity contribution >= 4 is 5.91 Å². The van der Waals surface area contributed by atoms with E-state index in [0.717, 1.165) is 6.54 Å².